The van der Waals surface area contributed by atoms with Gasteiger partial charge in [0.15, 0.2) is 6.10 Å². The molecule has 0 aromatic carbocycles. The number of esters is 3. The smallest absolute Gasteiger partial charge is 0.306 e. The first-order valence-corrected chi connectivity index (χ1v) is 26.7. The Kier molecular flexibility index (Phi) is 49.4. The van der Waals surface area contributed by atoms with Crippen molar-refractivity contribution < 1.29 is 28.6 Å². The van der Waals surface area contributed by atoms with Gasteiger partial charge in [-0.1, -0.05) is 228 Å². The van der Waals surface area contributed by atoms with Gasteiger partial charge in [-0.25, -0.2) is 0 Å². The fraction of sp³-hybridized carbons (Fsp3) is 0.707. The lowest BCUT2D eigenvalue weighted by atomic mass is 10.1. The van der Waals surface area contributed by atoms with Crippen LogP contribution in [0.1, 0.15) is 245 Å². The number of hydrogen-bond acceptors (Lipinski definition) is 6. The molecular formula is C58H98O6. The largest absolute Gasteiger partial charge is 0.462 e. The molecule has 0 heterocycles. The number of hydrogen-bond donors (Lipinski definition) is 0. The molecule has 0 aromatic heterocycles. The van der Waals surface area contributed by atoms with Crippen molar-refractivity contribution >= 4 is 17.9 Å². The lowest BCUT2D eigenvalue weighted by molar-refractivity contribution is -0.167. The van der Waals surface area contributed by atoms with Gasteiger partial charge in [-0.3, -0.25) is 14.4 Å². The first-order valence-electron chi connectivity index (χ1n) is 26.7. The molecule has 1 atom stereocenters. The Labute approximate surface area is 395 Å². The van der Waals surface area contributed by atoms with E-state index in [1.165, 1.54) is 116 Å². The van der Waals surface area contributed by atoms with Gasteiger partial charge in [-0.05, 0) is 83.5 Å². The Bertz CT molecular complexity index is 1250. The third-order valence-corrected chi connectivity index (χ3v) is 11.2. The Hall–Kier alpha value is -3.41. The average Bonchev–Trinajstić information content (AvgIpc) is 3.29. The zero-order valence-electron chi connectivity index (χ0n) is 41.8. The molecular weight excluding hydrogens is 793 g/mol. The van der Waals surface area contributed by atoms with E-state index < -0.39 is 6.10 Å². The molecule has 64 heavy (non-hydrogen) atoms. The summed E-state index contributed by atoms with van der Waals surface area (Å²) in [6.45, 7) is 6.48. The highest BCUT2D eigenvalue weighted by Gasteiger charge is 2.19. The number of unbranched alkanes of at least 4 members (excludes halogenated alkanes) is 26. The van der Waals surface area contributed by atoms with Gasteiger partial charge < -0.3 is 14.2 Å². The van der Waals surface area contributed by atoms with Crippen molar-refractivity contribution in [1.82, 2.24) is 0 Å². The van der Waals surface area contributed by atoms with E-state index >= 15 is 0 Å². The van der Waals surface area contributed by atoms with Crippen molar-refractivity contribution in [3.8, 4) is 0 Å². The van der Waals surface area contributed by atoms with Crippen LogP contribution in [0.3, 0.4) is 0 Å². The van der Waals surface area contributed by atoms with Gasteiger partial charge in [0, 0.05) is 19.3 Å². The number of carbonyl (C=O) groups excluding carboxylic acids is 3. The highest BCUT2D eigenvalue weighted by Crippen LogP contribution is 2.14. The van der Waals surface area contributed by atoms with E-state index in [2.05, 4.69) is 81.5 Å². The molecule has 0 aliphatic rings. The molecule has 6 heteroatoms. The molecule has 0 saturated heterocycles. The van der Waals surface area contributed by atoms with Crippen LogP contribution in [-0.4, -0.2) is 37.2 Å². The van der Waals surface area contributed by atoms with Crippen LogP contribution in [0, 0.1) is 0 Å². The third-order valence-electron chi connectivity index (χ3n) is 11.2. The quantitative estimate of drug-likeness (QED) is 0.0199. The summed E-state index contributed by atoms with van der Waals surface area (Å²) in [5.74, 6) is -0.930. The van der Waals surface area contributed by atoms with Crippen molar-refractivity contribution in [2.24, 2.45) is 0 Å². The minimum atomic E-state index is -0.792. The van der Waals surface area contributed by atoms with E-state index in [1.54, 1.807) is 0 Å². The monoisotopic (exact) mass is 891 g/mol. The molecule has 0 amide bonds. The second-order valence-electron chi connectivity index (χ2n) is 17.5. The SMILES string of the molecule is CCC\C=C/C=C\C=C/C=C\C=C/CCCCCCCC(=O)OCC(COC(=O)CCCCCCC/C=C\CCCC)OC(=O)CCCCCCCCC/C=C\CCCCCCCC. The van der Waals surface area contributed by atoms with Crippen LogP contribution < -0.4 is 0 Å². The van der Waals surface area contributed by atoms with E-state index in [0.717, 1.165) is 89.9 Å². The van der Waals surface area contributed by atoms with Gasteiger partial charge in [0.05, 0.1) is 0 Å². The van der Waals surface area contributed by atoms with Gasteiger partial charge in [0.1, 0.15) is 13.2 Å². The Morgan fingerprint density at radius 2 is 0.625 bits per heavy atom. The summed E-state index contributed by atoms with van der Waals surface area (Å²) in [6, 6.07) is 0. The average molecular weight is 891 g/mol. The van der Waals surface area contributed by atoms with E-state index in [-0.39, 0.29) is 31.1 Å². The second-order valence-corrected chi connectivity index (χ2v) is 17.5. The number of ether oxygens (including phenoxy) is 3. The van der Waals surface area contributed by atoms with Crippen molar-refractivity contribution in [2.45, 2.75) is 252 Å². The van der Waals surface area contributed by atoms with E-state index in [9.17, 15) is 14.4 Å². The summed E-state index contributed by atoms with van der Waals surface area (Å²) in [5, 5.41) is 0. The van der Waals surface area contributed by atoms with Crippen LogP contribution in [0.5, 0.6) is 0 Å². The lowest BCUT2D eigenvalue weighted by Gasteiger charge is -2.18. The van der Waals surface area contributed by atoms with Gasteiger partial charge >= 0.3 is 17.9 Å². The van der Waals surface area contributed by atoms with Gasteiger partial charge in [0.2, 0.25) is 0 Å². The fourth-order valence-electron chi connectivity index (χ4n) is 7.15. The molecule has 0 rings (SSSR count). The Balaban J connectivity index is 4.43. The van der Waals surface area contributed by atoms with Gasteiger partial charge in [-0.2, -0.15) is 0 Å². The number of rotatable bonds is 47. The highest BCUT2D eigenvalue weighted by atomic mass is 16.6. The highest BCUT2D eigenvalue weighted by molar-refractivity contribution is 5.71. The molecule has 0 aliphatic heterocycles. The van der Waals surface area contributed by atoms with Crippen LogP contribution in [0.15, 0.2) is 85.1 Å². The van der Waals surface area contributed by atoms with Crippen molar-refractivity contribution in [3.05, 3.63) is 85.1 Å². The fourth-order valence-corrected chi connectivity index (χ4v) is 7.15. The van der Waals surface area contributed by atoms with Crippen LogP contribution >= 0.6 is 0 Å². The van der Waals surface area contributed by atoms with Crippen molar-refractivity contribution in [2.75, 3.05) is 13.2 Å². The maximum Gasteiger partial charge on any atom is 0.306 e. The predicted octanol–water partition coefficient (Wildman–Crippen LogP) is 17.6. The van der Waals surface area contributed by atoms with Crippen molar-refractivity contribution in [3.63, 3.8) is 0 Å². The number of carbonyl (C=O) groups is 3. The minimum Gasteiger partial charge on any atom is -0.462 e. The van der Waals surface area contributed by atoms with E-state index in [4.69, 9.17) is 14.2 Å². The molecule has 0 aromatic rings. The summed E-state index contributed by atoms with van der Waals surface area (Å²) in [4.78, 5) is 38.0. The zero-order valence-corrected chi connectivity index (χ0v) is 41.8. The third kappa shape index (κ3) is 49.6. The summed E-state index contributed by atoms with van der Waals surface area (Å²) in [6.07, 6.45) is 67.0. The van der Waals surface area contributed by atoms with Crippen LogP contribution in [0.25, 0.3) is 0 Å². The lowest BCUT2D eigenvalue weighted by Crippen LogP contribution is -2.30. The second kappa shape index (κ2) is 52.2. The first-order chi connectivity index (χ1) is 31.5. The molecule has 0 spiro atoms. The Morgan fingerprint density at radius 3 is 1.03 bits per heavy atom. The van der Waals surface area contributed by atoms with E-state index in [1.807, 2.05) is 24.3 Å². The molecule has 1 unspecified atom stereocenters. The first kappa shape index (κ1) is 60.6. The standard InChI is InChI=1S/C58H98O6/c1-4-7-10-13-16-19-22-24-26-28-30-31-33-36-39-42-45-48-51-57(60)63-54-55(53-62-56(59)50-47-44-41-38-35-21-18-15-12-9-6-3)64-58(61)52-49-46-43-40-37-34-32-29-27-25-23-20-17-14-11-8-5-2/h10,13,15-16,18-19,22,24-28,30-31,55H,4-9,11-12,14,17,20-21,23,29,32-54H2,1-3H3/b13-10-,18-15-,19-16-,24-22-,27-25-,28-26-,31-30-. The maximum atomic E-state index is 12.8. The summed E-state index contributed by atoms with van der Waals surface area (Å²) in [5.41, 5.74) is 0. The van der Waals surface area contributed by atoms with Gasteiger partial charge in [0.25, 0.3) is 0 Å². The van der Waals surface area contributed by atoms with Gasteiger partial charge in [-0.15, -0.1) is 0 Å². The van der Waals surface area contributed by atoms with Crippen molar-refractivity contribution in [1.29, 1.82) is 0 Å². The van der Waals surface area contributed by atoms with Crippen LogP contribution in [-0.2, 0) is 28.6 Å². The molecule has 0 N–H and O–H groups in total. The van der Waals surface area contributed by atoms with Crippen LogP contribution in [0.4, 0.5) is 0 Å². The van der Waals surface area contributed by atoms with Crippen LogP contribution in [0.2, 0.25) is 0 Å². The maximum absolute atomic E-state index is 12.8. The topological polar surface area (TPSA) is 78.9 Å². The summed E-state index contributed by atoms with van der Waals surface area (Å²) >= 11 is 0. The zero-order chi connectivity index (χ0) is 46.5. The molecule has 366 valence electrons. The molecule has 0 saturated carbocycles. The summed E-state index contributed by atoms with van der Waals surface area (Å²) in [7, 11) is 0. The molecule has 0 radical (unpaired) electrons. The van der Waals surface area contributed by atoms with E-state index in [0.29, 0.717) is 19.3 Å². The molecule has 0 bridgehead atoms. The summed E-state index contributed by atoms with van der Waals surface area (Å²) < 4.78 is 16.8. The molecule has 0 fully saturated rings. The predicted molar refractivity (Wildman–Crippen MR) is 274 cm³/mol. The number of allylic oxidation sites excluding steroid dienone is 14. The molecule has 0 aliphatic carbocycles. The Morgan fingerprint density at radius 1 is 0.312 bits per heavy atom. The normalized spacial score (nSPS) is 12.7. The molecule has 6 nitrogen and oxygen atoms in total. The minimum absolute atomic E-state index is 0.0915.